The van der Waals surface area contributed by atoms with Gasteiger partial charge in [-0.05, 0) is 54.7 Å². The highest BCUT2D eigenvalue weighted by Gasteiger charge is 2.31. The Balaban J connectivity index is 1.59. The minimum Gasteiger partial charge on any atom is -0.497 e. The van der Waals surface area contributed by atoms with Gasteiger partial charge >= 0.3 is 0 Å². The second-order valence-electron chi connectivity index (χ2n) is 7.06. The standard InChI is InChI=1S/C22H24N4O2/c1-28-18-6-4-5-16(13-18)14-21(27)26-12-3-2-7-20(26)22-19(15-24-25-22)17-8-10-23-11-9-17/h4-6,8-11,13,15,20H,2-3,7,12,14H2,1H3,(H,24,25). The number of rotatable bonds is 5. The van der Waals surface area contributed by atoms with Gasteiger partial charge in [-0.25, -0.2) is 0 Å². The monoisotopic (exact) mass is 376 g/mol. The zero-order valence-corrected chi connectivity index (χ0v) is 16.0. The third kappa shape index (κ3) is 3.76. The number of aromatic amines is 1. The number of pyridine rings is 1. The van der Waals surface area contributed by atoms with Crippen LogP contribution in [-0.4, -0.2) is 39.6 Å². The van der Waals surface area contributed by atoms with Gasteiger partial charge in [0.05, 0.1) is 31.5 Å². The molecule has 1 aliphatic rings. The summed E-state index contributed by atoms with van der Waals surface area (Å²) in [5.74, 6) is 0.905. The summed E-state index contributed by atoms with van der Waals surface area (Å²) in [5.41, 5.74) is 4.07. The molecule has 0 aliphatic carbocycles. The number of hydrogen-bond acceptors (Lipinski definition) is 4. The molecular formula is C22H24N4O2. The number of piperidine rings is 1. The second kappa shape index (κ2) is 8.25. The summed E-state index contributed by atoms with van der Waals surface area (Å²) in [4.78, 5) is 19.3. The maximum absolute atomic E-state index is 13.2. The van der Waals surface area contributed by atoms with Crippen LogP contribution in [-0.2, 0) is 11.2 Å². The van der Waals surface area contributed by atoms with Crippen LogP contribution in [0.15, 0.2) is 55.0 Å². The Labute approximate surface area is 164 Å². The number of H-pyrrole nitrogens is 1. The molecule has 3 aromatic rings. The van der Waals surface area contributed by atoms with Crippen molar-refractivity contribution in [2.75, 3.05) is 13.7 Å². The van der Waals surface area contributed by atoms with Gasteiger partial charge in [-0.3, -0.25) is 14.9 Å². The van der Waals surface area contributed by atoms with Gasteiger partial charge in [-0.15, -0.1) is 0 Å². The molecule has 0 radical (unpaired) electrons. The number of carbonyl (C=O) groups is 1. The Morgan fingerprint density at radius 1 is 1.25 bits per heavy atom. The minimum absolute atomic E-state index is 0.0116. The van der Waals surface area contributed by atoms with Crippen LogP contribution in [0.4, 0.5) is 0 Å². The maximum Gasteiger partial charge on any atom is 0.227 e. The zero-order chi connectivity index (χ0) is 19.3. The van der Waals surface area contributed by atoms with E-state index in [1.54, 1.807) is 19.5 Å². The Hall–Kier alpha value is -3.15. The average molecular weight is 376 g/mol. The quantitative estimate of drug-likeness (QED) is 0.736. The maximum atomic E-state index is 13.2. The number of likely N-dealkylation sites (tertiary alicyclic amines) is 1. The molecule has 1 amide bonds. The summed E-state index contributed by atoms with van der Waals surface area (Å²) in [5, 5.41) is 7.43. The summed E-state index contributed by atoms with van der Waals surface area (Å²) in [7, 11) is 1.64. The van der Waals surface area contributed by atoms with E-state index >= 15 is 0 Å². The molecule has 0 spiro atoms. The first-order valence-corrected chi connectivity index (χ1v) is 9.62. The molecule has 28 heavy (non-hydrogen) atoms. The number of benzene rings is 1. The van der Waals surface area contributed by atoms with Crippen molar-refractivity contribution in [1.29, 1.82) is 0 Å². The number of methoxy groups -OCH3 is 1. The Morgan fingerprint density at radius 2 is 2.11 bits per heavy atom. The van der Waals surface area contributed by atoms with Gasteiger partial charge in [0, 0.05) is 24.5 Å². The normalized spacial score (nSPS) is 16.8. The number of nitrogens with one attached hydrogen (secondary N) is 1. The molecule has 4 rings (SSSR count). The van der Waals surface area contributed by atoms with Crippen LogP contribution in [0.1, 0.15) is 36.6 Å². The van der Waals surface area contributed by atoms with Crippen LogP contribution < -0.4 is 4.74 Å². The van der Waals surface area contributed by atoms with E-state index in [0.29, 0.717) is 6.42 Å². The molecular weight excluding hydrogens is 352 g/mol. The third-order valence-corrected chi connectivity index (χ3v) is 5.31. The molecule has 1 aromatic carbocycles. The summed E-state index contributed by atoms with van der Waals surface area (Å²) >= 11 is 0. The summed E-state index contributed by atoms with van der Waals surface area (Å²) in [6.07, 6.45) is 8.82. The lowest BCUT2D eigenvalue weighted by Gasteiger charge is -2.36. The number of nitrogens with zero attached hydrogens (tertiary/aromatic N) is 3. The molecule has 1 atom stereocenters. The molecule has 2 aromatic heterocycles. The summed E-state index contributed by atoms with van der Waals surface area (Å²) in [6, 6.07) is 11.7. The van der Waals surface area contributed by atoms with E-state index in [9.17, 15) is 4.79 Å². The van der Waals surface area contributed by atoms with Crippen molar-refractivity contribution >= 4 is 5.91 Å². The molecule has 1 saturated heterocycles. The van der Waals surface area contributed by atoms with Crippen molar-refractivity contribution in [3.8, 4) is 16.9 Å². The molecule has 3 heterocycles. The fourth-order valence-corrected chi connectivity index (χ4v) is 3.90. The molecule has 0 bridgehead atoms. The number of aromatic nitrogens is 3. The van der Waals surface area contributed by atoms with Gasteiger partial charge in [0.2, 0.25) is 5.91 Å². The van der Waals surface area contributed by atoms with E-state index in [-0.39, 0.29) is 11.9 Å². The van der Waals surface area contributed by atoms with Gasteiger partial charge in [-0.1, -0.05) is 12.1 Å². The molecule has 1 fully saturated rings. The van der Waals surface area contributed by atoms with Crippen molar-refractivity contribution in [2.45, 2.75) is 31.7 Å². The first-order chi connectivity index (χ1) is 13.8. The largest absolute Gasteiger partial charge is 0.497 e. The van der Waals surface area contributed by atoms with Crippen molar-refractivity contribution in [3.63, 3.8) is 0 Å². The lowest BCUT2D eigenvalue weighted by atomic mass is 9.94. The van der Waals surface area contributed by atoms with Gasteiger partial charge < -0.3 is 9.64 Å². The van der Waals surface area contributed by atoms with Crippen molar-refractivity contribution in [1.82, 2.24) is 20.1 Å². The molecule has 144 valence electrons. The van der Waals surface area contributed by atoms with Gasteiger partial charge in [0.1, 0.15) is 5.75 Å². The first kappa shape index (κ1) is 18.2. The lowest BCUT2D eigenvalue weighted by molar-refractivity contribution is -0.134. The molecule has 1 N–H and O–H groups in total. The van der Waals surface area contributed by atoms with E-state index in [1.807, 2.05) is 47.5 Å². The van der Waals surface area contributed by atoms with Crippen LogP contribution in [0.3, 0.4) is 0 Å². The van der Waals surface area contributed by atoms with Crippen LogP contribution in [0.25, 0.3) is 11.1 Å². The predicted octanol–water partition coefficient (Wildman–Crippen LogP) is 3.78. The Bertz CT molecular complexity index is 938. The Morgan fingerprint density at radius 3 is 2.93 bits per heavy atom. The molecule has 0 saturated carbocycles. The van der Waals surface area contributed by atoms with Crippen LogP contribution in [0.2, 0.25) is 0 Å². The van der Waals surface area contributed by atoms with Gasteiger partial charge in [-0.2, -0.15) is 5.10 Å². The van der Waals surface area contributed by atoms with E-state index in [4.69, 9.17) is 4.74 Å². The van der Waals surface area contributed by atoms with Crippen molar-refractivity contribution in [2.24, 2.45) is 0 Å². The third-order valence-electron chi connectivity index (χ3n) is 5.31. The van der Waals surface area contributed by atoms with E-state index in [2.05, 4.69) is 15.2 Å². The number of amides is 1. The van der Waals surface area contributed by atoms with Gasteiger partial charge in [0.25, 0.3) is 0 Å². The number of hydrogen-bond donors (Lipinski definition) is 1. The fourth-order valence-electron chi connectivity index (χ4n) is 3.90. The van der Waals surface area contributed by atoms with Crippen LogP contribution >= 0.6 is 0 Å². The van der Waals surface area contributed by atoms with E-state index < -0.39 is 0 Å². The highest BCUT2D eigenvalue weighted by atomic mass is 16.5. The molecule has 1 unspecified atom stereocenters. The SMILES string of the molecule is COc1cccc(CC(=O)N2CCCCC2c2[nH]ncc2-c2ccncc2)c1. The highest BCUT2D eigenvalue weighted by molar-refractivity contribution is 5.80. The molecule has 1 aliphatic heterocycles. The van der Waals surface area contributed by atoms with E-state index in [0.717, 1.165) is 53.9 Å². The second-order valence-corrected chi connectivity index (χ2v) is 7.06. The van der Waals surface area contributed by atoms with Crippen molar-refractivity contribution in [3.05, 3.63) is 66.2 Å². The number of ether oxygens (including phenoxy) is 1. The summed E-state index contributed by atoms with van der Waals surface area (Å²) < 4.78 is 5.28. The lowest BCUT2D eigenvalue weighted by Crippen LogP contribution is -2.39. The average Bonchev–Trinajstić information content (AvgIpc) is 3.24. The predicted molar refractivity (Wildman–Crippen MR) is 107 cm³/mol. The highest BCUT2D eigenvalue weighted by Crippen LogP contribution is 2.35. The van der Waals surface area contributed by atoms with Crippen molar-refractivity contribution < 1.29 is 9.53 Å². The topological polar surface area (TPSA) is 71.1 Å². The first-order valence-electron chi connectivity index (χ1n) is 9.62. The van der Waals surface area contributed by atoms with E-state index in [1.165, 1.54) is 0 Å². The zero-order valence-electron chi connectivity index (χ0n) is 16.0. The molecule has 6 nitrogen and oxygen atoms in total. The smallest absolute Gasteiger partial charge is 0.227 e. The minimum atomic E-state index is 0.0116. The van der Waals surface area contributed by atoms with Crippen LogP contribution in [0, 0.1) is 0 Å². The van der Waals surface area contributed by atoms with Crippen LogP contribution in [0.5, 0.6) is 5.75 Å². The Kier molecular flexibility index (Phi) is 5.37. The fraction of sp³-hybridized carbons (Fsp3) is 0.318. The molecule has 6 heteroatoms. The summed E-state index contributed by atoms with van der Waals surface area (Å²) in [6.45, 7) is 0.766. The van der Waals surface area contributed by atoms with Gasteiger partial charge in [0.15, 0.2) is 0 Å². The number of carbonyl (C=O) groups excluding carboxylic acids is 1.